The number of nitrogens with zero attached hydrogens (tertiary/aromatic N) is 2. The second-order valence-corrected chi connectivity index (χ2v) is 6.77. The molecule has 0 radical (unpaired) electrons. The number of likely N-dealkylation sites (tertiary alicyclic amines) is 1. The monoisotopic (exact) mass is 336 g/mol. The largest absolute Gasteiger partial charge is 0.382 e. The third-order valence-corrected chi connectivity index (χ3v) is 5.12. The van der Waals surface area contributed by atoms with Crippen LogP contribution in [0.25, 0.3) is 0 Å². The number of ether oxygens (including phenoxy) is 1. The van der Waals surface area contributed by atoms with Crippen molar-refractivity contribution < 1.29 is 23.1 Å². The van der Waals surface area contributed by atoms with Gasteiger partial charge < -0.3 is 14.5 Å². The maximum absolute atomic E-state index is 13.8. The molecule has 0 bridgehead atoms. The minimum Gasteiger partial charge on any atom is -0.382 e. The summed E-state index contributed by atoms with van der Waals surface area (Å²) in [5, 5.41) is 3.81. The number of hydrogen-bond donors (Lipinski definition) is 0. The first-order valence-electron chi connectivity index (χ1n) is 8.11. The summed E-state index contributed by atoms with van der Waals surface area (Å²) in [4.78, 5) is 19.6. The van der Waals surface area contributed by atoms with Gasteiger partial charge in [-0.3, -0.25) is 4.79 Å². The highest BCUT2D eigenvalue weighted by Crippen LogP contribution is 2.38. The molecule has 3 aliphatic heterocycles. The smallest absolute Gasteiger partial charge is 0.266 e. The van der Waals surface area contributed by atoms with Gasteiger partial charge >= 0.3 is 0 Å². The van der Waals surface area contributed by atoms with E-state index in [1.165, 1.54) is 0 Å². The second kappa shape index (κ2) is 5.81. The van der Waals surface area contributed by atoms with Gasteiger partial charge in [-0.1, -0.05) is 5.16 Å². The van der Waals surface area contributed by atoms with Gasteiger partial charge in [-0.15, -0.1) is 0 Å². The lowest BCUT2D eigenvalue weighted by Gasteiger charge is -2.23. The van der Waals surface area contributed by atoms with Crippen molar-refractivity contribution in [1.82, 2.24) is 4.90 Å². The van der Waals surface area contributed by atoms with Crippen LogP contribution < -0.4 is 0 Å². The molecule has 0 N–H and O–H groups in total. The summed E-state index contributed by atoms with van der Waals surface area (Å²) in [6, 6.07) is 3.17. The predicted octanol–water partition coefficient (Wildman–Crippen LogP) is 2.10. The molecule has 5 nitrogen and oxygen atoms in total. The summed E-state index contributed by atoms with van der Waals surface area (Å²) in [5.41, 5.74) is 0.392. The fourth-order valence-corrected chi connectivity index (χ4v) is 3.69. The van der Waals surface area contributed by atoms with Crippen molar-refractivity contribution >= 4 is 11.6 Å². The molecule has 7 heteroatoms. The van der Waals surface area contributed by atoms with Crippen molar-refractivity contribution in [3.63, 3.8) is 0 Å². The molecule has 0 aliphatic carbocycles. The molecule has 1 aromatic carbocycles. The summed E-state index contributed by atoms with van der Waals surface area (Å²) in [5.74, 6) is -1.27. The Morgan fingerprint density at radius 1 is 1.33 bits per heavy atom. The molecule has 0 aromatic heterocycles. The van der Waals surface area contributed by atoms with Crippen LogP contribution in [0.15, 0.2) is 23.4 Å². The van der Waals surface area contributed by atoms with E-state index in [2.05, 4.69) is 5.16 Å². The van der Waals surface area contributed by atoms with Crippen molar-refractivity contribution in [3.8, 4) is 0 Å². The van der Waals surface area contributed by atoms with E-state index in [4.69, 9.17) is 9.57 Å². The Balaban J connectivity index is 1.42. The van der Waals surface area contributed by atoms with Crippen molar-refractivity contribution in [3.05, 3.63) is 35.4 Å². The van der Waals surface area contributed by atoms with E-state index >= 15 is 0 Å². The maximum atomic E-state index is 13.8. The second-order valence-electron chi connectivity index (χ2n) is 6.77. The highest BCUT2D eigenvalue weighted by Gasteiger charge is 2.45. The van der Waals surface area contributed by atoms with Gasteiger partial charge in [0.25, 0.3) is 5.91 Å². The molecule has 2 atom stereocenters. The Labute approximate surface area is 138 Å². The zero-order chi connectivity index (χ0) is 16.7. The Morgan fingerprint density at radius 2 is 2.21 bits per heavy atom. The van der Waals surface area contributed by atoms with E-state index in [-0.39, 0.29) is 29.0 Å². The number of hydrogen-bond acceptors (Lipinski definition) is 4. The molecule has 4 rings (SSSR count). The van der Waals surface area contributed by atoms with Crippen LogP contribution in [0, 0.1) is 17.0 Å². The Morgan fingerprint density at radius 3 is 3.00 bits per heavy atom. The standard InChI is InChI=1S/C17H18F2N2O3/c18-11-1-2-13(19)12(7-11)14-8-15(24-20-14)16(22)21-5-3-17(9-21)4-6-23-10-17/h1-2,7,15H,3-6,8-10H2/t15-,17+/m1/s1. The summed E-state index contributed by atoms with van der Waals surface area (Å²) >= 11 is 0. The van der Waals surface area contributed by atoms with Gasteiger partial charge in [0.1, 0.15) is 11.6 Å². The lowest BCUT2D eigenvalue weighted by atomic mass is 9.87. The number of rotatable bonds is 2. The molecule has 128 valence electrons. The molecular weight excluding hydrogens is 318 g/mol. The van der Waals surface area contributed by atoms with E-state index in [1.807, 2.05) is 0 Å². The number of oxime groups is 1. The van der Waals surface area contributed by atoms with Gasteiger partial charge in [0.15, 0.2) is 0 Å². The number of carbonyl (C=O) groups excluding carboxylic acids is 1. The fourth-order valence-electron chi connectivity index (χ4n) is 3.69. The number of carbonyl (C=O) groups is 1. The van der Waals surface area contributed by atoms with Crippen LogP contribution in [0.4, 0.5) is 8.78 Å². The zero-order valence-electron chi connectivity index (χ0n) is 13.1. The van der Waals surface area contributed by atoms with E-state index in [0.29, 0.717) is 19.7 Å². The maximum Gasteiger partial charge on any atom is 0.266 e. The minimum absolute atomic E-state index is 0.0485. The number of benzene rings is 1. The fraction of sp³-hybridized carbons (Fsp3) is 0.529. The number of amides is 1. The lowest BCUT2D eigenvalue weighted by Crippen LogP contribution is -2.39. The quantitative estimate of drug-likeness (QED) is 0.831. The predicted molar refractivity (Wildman–Crippen MR) is 81.5 cm³/mol. The Kier molecular flexibility index (Phi) is 3.75. The first-order chi connectivity index (χ1) is 11.6. The molecule has 1 spiro atoms. The van der Waals surface area contributed by atoms with Gasteiger partial charge in [0.2, 0.25) is 6.10 Å². The van der Waals surface area contributed by atoms with E-state index in [9.17, 15) is 13.6 Å². The highest BCUT2D eigenvalue weighted by atomic mass is 19.1. The van der Waals surface area contributed by atoms with Gasteiger partial charge in [0.05, 0.1) is 12.3 Å². The van der Waals surface area contributed by atoms with Gasteiger partial charge in [-0.05, 0) is 31.0 Å². The summed E-state index contributed by atoms with van der Waals surface area (Å²) in [7, 11) is 0. The Bertz CT molecular complexity index is 701. The molecule has 1 aromatic rings. The third-order valence-electron chi connectivity index (χ3n) is 5.12. The van der Waals surface area contributed by atoms with E-state index in [1.54, 1.807) is 4.90 Å². The van der Waals surface area contributed by atoms with Crippen LogP contribution >= 0.6 is 0 Å². The third kappa shape index (κ3) is 2.66. The van der Waals surface area contributed by atoms with Crippen LogP contribution in [0.2, 0.25) is 0 Å². The van der Waals surface area contributed by atoms with Crippen LogP contribution in [0.1, 0.15) is 24.8 Å². The lowest BCUT2D eigenvalue weighted by molar-refractivity contribution is -0.141. The van der Waals surface area contributed by atoms with Crippen LogP contribution in [0.3, 0.4) is 0 Å². The minimum atomic E-state index is -0.764. The molecule has 3 aliphatic rings. The molecular formula is C17H18F2N2O3. The SMILES string of the molecule is O=C([C@H]1CC(c2cc(F)ccc2F)=NO1)N1CC[C@]2(CCOC2)C1. The summed E-state index contributed by atoms with van der Waals surface area (Å²) < 4.78 is 32.6. The van der Waals surface area contributed by atoms with Crippen molar-refractivity contribution in [2.45, 2.75) is 25.4 Å². The van der Waals surface area contributed by atoms with Crippen LogP contribution in [0.5, 0.6) is 0 Å². The molecule has 2 saturated heterocycles. The molecule has 1 amide bonds. The van der Waals surface area contributed by atoms with E-state index in [0.717, 1.165) is 37.6 Å². The topological polar surface area (TPSA) is 51.1 Å². The molecule has 3 heterocycles. The van der Waals surface area contributed by atoms with E-state index < -0.39 is 17.7 Å². The average Bonchev–Trinajstić information content (AvgIpc) is 3.31. The van der Waals surface area contributed by atoms with Crippen LogP contribution in [-0.2, 0) is 14.4 Å². The highest BCUT2D eigenvalue weighted by molar-refractivity contribution is 6.04. The Hall–Kier alpha value is -2.02. The molecule has 0 unspecified atom stereocenters. The number of halogens is 2. The normalized spacial score (nSPS) is 29.2. The van der Waals surface area contributed by atoms with Crippen molar-refractivity contribution in [1.29, 1.82) is 0 Å². The molecule has 24 heavy (non-hydrogen) atoms. The average molecular weight is 336 g/mol. The van der Waals surface area contributed by atoms with Gasteiger partial charge in [-0.2, -0.15) is 0 Å². The van der Waals surface area contributed by atoms with Crippen molar-refractivity contribution in [2.24, 2.45) is 10.6 Å². The molecule has 0 saturated carbocycles. The summed E-state index contributed by atoms with van der Waals surface area (Å²) in [6.45, 7) is 2.77. The van der Waals surface area contributed by atoms with Crippen LogP contribution in [-0.4, -0.2) is 48.9 Å². The van der Waals surface area contributed by atoms with Gasteiger partial charge in [0, 0.05) is 37.1 Å². The van der Waals surface area contributed by atoms with Gasteiger partial charge in [-0.25, -0.2) is 8.78 Å². The molecule has 2 fully saturated rings. The summed E-state index contributed by atoms with van der Waals surface area (Å²) in [6.07, 6.45) is 1.29. The first kappa shape index (κ1) is 15.5. The first-order valence-corrected chi connectivity index (χ1v) is 8.11. The zero-order valence-corrected chi connectivity index (χ0v) is 13.1. The van der Waals surface area contributed by atoms with Crippen molar-refractivity contribution in [2.75, 3.05) is 26.3 Å².